The summed E-state index contributed by atoms with van der Waals surface area (Å²) in [7, 11) is 1.29. The van der Waals surface area contributed by atoms with Gasteiger partial charge in [0.25, 0.3) is 5.91 Å². The number of methoxy groups -OCH3 is 1. The summed E-state index contributed by atoms with van der Waals surface area (Å²) in [5.74, 6) is -5.13. The largest absolute Gasteiger partial charge is 0.394 e. The zero-order valence-corrected chi connectivity index (χ0v) is 24.0. The quantitative estimate of drug-likeness (QED) is 0.326. The van der Waals surface area contributed by atoms with Gasteiger partial charge < -0.3 is 34.4 Å². The summed E-state index contributed by atoms with van der Waals surface area (Å²) in [4.78, 5) is 15.7. The van der Waals surface area contributed by atoms with Crippen LogP contribution in [-0.4, -0.2) is 99.7 Å². The Labute approximate surface area is 246 Å². The number of aliphatic hydroxyl groups is 3. The first-order chi connectivity index (χ1) is 20.0. The van der Waals surface area contributed by atoms with Crippen LogP contribution in [0.15, 0.2) is 41.0 Å². The molecular formula is C27H28BrF3N4O7. The van der Waals surface area contributed by atoms with E-state index < -0.39 is 72.6 Å². The summed E-state index contributed by atoms with van der Waals surface area (Å²) in [6, 6.07) is 4.82. The van der Waals surface area contributed by atoms with Crippen LogP contribution >= 0.6 is 15.9 Å². The monoisotopic (exact) mass is 656 g/mol. The molecular weight excluding hydrogens is 629 g/mol. The van der Waals surface area contributed by atoms with E-state index in [1.807, 2.05) is 13.0 Å². The first-order valence-corrected chi connectivity index (χ1v) is 13.7. The Balaban J connectivity index is 1.54. The average molecular weight is 657 g/mol. The van der Waals surface area contributed by atoms with Gasteiger partial charge in [-0.25, -0.2) is 17.9 Å². The number of hydrogen-bond donors (Lipinski definition) is 3. The molecule has 0 radical (unpaired) electrons. The molecule has 5 unspecified atom stereocenters. The Bertz CT molecular complexity index is 1420. The fraction of sp³-hybridized carbons (Fsp3) is 0.444. The molecule has 2 aromatic carbocycles. The highest BCUT2D eigenvalue weighted by Crippen LogP contribution is 2.36. The SMILES string of the molecule is COC1C(C(=O)N(c2cc(C)cc(Br)c2)[C@H]2COC[C@@H]2O)OC(CO)C(O)C1n1cc(-c2cc(F)c(F)c(F)c2)nn1. The van der Waals surface area contributed by atoms with Crippen LogP contribution in [0.5, 0.6) is 0 Å². The standard InChI is InChI=1S/C27H28BrF3N4O7/c1-12-3-14(28)7-15(4-12)35(19-10-41-11-20(19)37)27(39)26-25(40-2)23(24(38)21(9-36)42-26)34-8-18(32-33-34)13-5-16(29)22(31)17(30)6-13/h3-8,19-21,23-26,36-38H,9-11H2,1-2H3/t19-,20-,21?,23?,24?,25?,26?/m0/s1. The van der Waals surface area contributed by atoms with E-state index in [0.717, 1.165) is 22.4 Å². The molecule has 226 valence electrons. The molecule has 15 heteroatoms. The van der Waals surface area contributed by atoms with Gasteiger partial charge in [-0.2, -0.15) is 0 Å². The number of rotatable bonds is 7. The van der Waals surface area contributed by atoms with E-state index in [1.54, 1.807) is 12.1 Å². The highest BCUT2D eigenvalue weighted by Gasteiger charge is 2.52. The number of hydrogen-bond acceptors (Lipinski definition) is 9. The zero-order valence-electron chi connectivity index (χ0n) is 22.4. The molecule has 1 aromatic heterocycles. The third-order valence-electron chi connectivity index (χ3n) is 7.37. The molecule has 42 heavy (non-hydrogen) atoms. The molecule has 0 spiro atoms. The second kappa shape index (κ2) is 12.4. The van der Waals surface area contributed by atoms with E-state index in [2.05, 4.69) is 26.2 Å². The number of aliphatic hydroxyl groups excluding tert-OH is 3. The molecule has 3 aromatic rings. The van der Waals surface area contributed by atoms with Gasteiger partial charge in [-0.15, -0.1) is 5.10 Å². The van der Waals surface area contributed by atoms with Gasteiger partial charge in [-0.3, -0.25) is 4.79 Å². The summed E-state index contributed by atoms with van der Waals surface area (Å²) in [6.45, 7) is 1.20. The van der Waals surface area contributed by atoms with Gasteiger partial charge in [0.05, 0.1) is 32.1 Å². The van der Waals surface area contributed by atoms with E-state index in [4.69, 9.17) is 14.2 Å². The van der Waals surface area contributed by atoms with Crippen LogP contribution < -0.4 is 4.90 Å². The Morgan fingerprint density at radius 2 is 1.88 bits per heavy atom. The Hall–Kier alpha value is -2.92. The number of aromatic nitrogens is 3. The Morgan fingerprint density at radius 3 is 2.48 bits per heavy atom. The normalized spacial score (nSPS) is 27.8. The summed E-state index contributed by atoms with van der Waals surface area (Å²) in [5, 5.41) is 39.8. The van der Waals surface area contributed by atoms with Crippen molar-refractivity contribution < 1.29 is 47.5 Å². The summed E-state index contributed by atoms with van der Waals surface area (Å²) in [5.41, 5.74) is 1.09. The van der Waals surface area contributed by atoms with Crippen LogP contribution in [0.4, 0.5) is 18.9 Å². The minimum atomic E-state index is -1.64. The maximum Gasteiger partial charge on any atom is 0.259 e. The number of ether oxygens (including phenoxy) is 3. The van der Waals surface area contributed by atoms with E-state index in [0.29, 0.717) is 10.2 Å². The lowest BCUT2D eigenvalue weighted by Crippen LogP contribution is -2.63. The van der Waals surface area contributed by atoms with Gasteiger partial charge in [0.15, 0.2) is 23.6 Å². The molecule has 3 N–H and O–H groups in total. The molecule has 0 bridgehead atoms. The minimum Gasteiger partial charge on any atom is -0.394 e. The number of aryl methyl sites for hydroxylation is 1. The van der Waals surface area contributed by atoms with Gasteiger partial charge in [0.2, 0.25) is 0 Å². The zero-order chi connectivity index (χ0) is 30.3. The van der Waals surface area contributed by atoms with Crippen molar-refractivity contribution in [1.82, 2.24) is 15.0 Å². The summed E-state index contributed by atoms with van der Waals surface area (Å²) in [6.07, 6.45) is -5.16. The fourth-order valence-corrected chi connectivity index (χ4v) is 5.97. The van der Waals surface area contributed by atoms with E-state index in [-0.39, 0.29) is 24.5 Å². The maximum atomic E-state index is 14.3. The maximum absolute atomic E-state index is 14.3. The van der Waals surface area contributed by atoms with Gasteiger partial charge in [0, 0.05) is 22.8 Å². The predicted molar refractivity (Wildman–Crippen MR) is 144 cm³/mol. The highest BCUT2D eigenvalue weighted by atomic mass is 79.9. The molecule has 2 aliphatic heterocycles. The second-order valence-corrected chi connectivity index (χ2v) is 11.1. The van der Waals surface area contributed by atoms with Crippen LogP contribution in [0.2, 0.25) is 0 Å². The van der Waals surface area contributed by atoms with Crippen molar-refractivity contribution in [2.45, 2.75) is 49.5 Å². The van der Waals surface area contributed by atoms with Gasteiger partial charge in [-0.05, 0) is 42.8 Å². The molecule has 2 fully saturated rings. The van der Waals surface area contributed by atoms with Crippen molar-refractivity contribution in [3.63, 3.8) is 0 Å². The first kappa shape index (κ1) is 30.5. The molecule has 2 aliphatic rings. The van der Waals surface area contributed by atoms with Crippen molar-refractivity contribution in [3.05, 3.63) is 64.0 Å². The topological polar surface area (TPSA) is 139 Å². The van der Waals surface area contributed by atoms with Crippen LogP contribution in [-0.2, 0) is 19.0 Å². The molecule has 5 rings (SSSR count). The van der Waals surface area contributed by atoms with Crippen molar-refractivity contribution >= 4 is 27.5 Å². The lowest BCUT2D eigenvalue weighted by molar-refractivity contribution is -0.211. The molecule has 11 nitrogen and oxygen atoms in total. The van der Waals surface area contributed by atoms with E-state index >= 15 is 0 Å². The van der Waals surface area contributed by atoms with Gasteiger partial charge in [0.1, 0.15) is 36.2 Å². The smallest absolute Gasteiger partial charge is 0.259 e. The van der Waals surface area contributed by atoms with Crippen molar-refractivity contribution in [3.8, 4) is 11.3 Å². The predicted octanol–water partition coefficient (Wildman–Crippen LogP) is 1.90. The lowest BCUT2D eigenvalue weighted by Gasteiger charge is -2.45. The number of amides is 1. The average Bonchev–Trinajstić information content (AvgIpc) is 3.60. The number of anilines is 1. The third kappa shape index (κ3) is 5.69. The molecule has 1 amide bonds. The Kier molecular flexibility index (Phi) is 8.99. The van der Waals surface area contributed by atoms with Crippen LogP contribution in [0.3, 0.4) is 0 Å². The Morgan fingerprint density at radius 1 is 1.17 bits per heavy atom. The van der Waals surface area contributed by atoms with E-state index in [1.165, 1.54) is 18.2 Å². The van der Waals surface area contributed by atoms with Crippen molar-refractivity contribution in [1.29, 1.82) is 0 Å². The lowest BCUT2D eigenvalue weighted by atomic mass is 9.91. The van der Waals surface area contributed by atoms with E-state index in [9.17, 15) is 33.3 Å². The number of nitrogens with zero attached hydrogens (tertiary/aromatic N) is 4. The first-order valence-electron chi connectivity index (χ1n) is 12.9. The fourth-order valence-electron chi connectivity index (χ4n) is 5.37. The highest BCUT2D eigenvalue weighted by molar-refractivity contribution is 9.10. The van der Waals surface area contributed by atoms with Crippen molar-refractivity contribution in [2.24, 2.45) is 0 Å². The summed E-state index contributed by atoms with van der Waals surface area (Å²) >= 11 is 3.44. The van der Waals surface area contributed by atoms with Gasteiger partial charge in [-0.1, -0.05) is 21.1 Å². The van der Waals surface area contributed by atoms with Crippen LogP contribution in [0, 0.1) is 24.4 Å². The molecule has 3 heterocycles. The molecule has 2 saturated heterocycles. The molecule has 7 atom stereocenters. The summed E-state index contributed by atoms with van der Waals surface area (Å²) < 4.78 is 60.1. The number of carbonyl (C=O) groups is 1. The molecule has 0 saturated carbocycles. The minimum absolute atomic E-state index is 0.00751. The van der Waals surface area contributed by atoms with Gasteiger partial charge >= 0.3 is 0 Å². The number of benzene rings is 2. The van der Waals surface area contributed by atoms with Crippen LogP contribution in [0.1, 0.15) is 11.6 Å². The number of halogens is 4. The molecule has 0 aliphatic carbocycles. The van der Waals surface area contributed by atoms with Crippen molar-refractivity contribution in [2.75, 3.05) is 31.8 Å². The third-order valence-corrected chi connectivity index (χ3v) is 7.83. The van der Waals surface area contributed by atoms with Crippen LogP contribution in [0.25, 0.3) is 11.3 Å². The second-order valence-electron chi connectivity index (χ2n) is 10.2. The number of carbonyl (C=O) groups excluding carboxylic acids is 1.